The molecule has 1 aromatic carbocycles. The van der Waals surface area contributed by atoms with E-state index in [0.717, 1.165) is 12.1 Å². The minimum absolute atomic E-state index is 0.0449. The van der Waals surface area contributed by atoms with Gasteiger partial charge in [-0.05, 0) is 18.6 Å². The maximum atomic E-state index is 13.3. The van der Waals surface area contributed by atoms with Crippen molar-refractivity contribution in [1.29, 1.82) is 0 Å². The molecule has 0 spiro atoms. The van der Waals surface area contributed by atoms with Crippen molar-refractivity contribution in [3.63, 3.8) is 0 Å². The lowest BCUT2D eigenvalue weighted by Gasteiger charge is -2.08. The number of hydrogen-bond acceptors (Lipinski definition) is 3. The summed E-state index contributed by atoms with van der Waals surface area (Å²) in [6.07, 6.45) is 0.627. The van der Waals surface area contributed by atoms with E-state index < -0.39 is 22.4 Å². The molecule has 0 unspecified atom stereocenters. The zero-order chi connectivity index (χ0) is 13.1. The van der Waals surface area contributed by atoms with Crippen LogP contribution < -0.4 is 4.72 Å². The normalized spacial score (nSPS) is 11.8. The van der Waals surface area contributed by atoms with E-state index in [0.29, 0.717) is 6.42 Å². The Labute approximate surface area is 104 Å². The fourth-order valence-corrected chi connectivity index (χ4v) is 2.57. The van der Waals surface area contributed by atoms with Crippen molar-refractivity contribution < 1.29 is 17.9 Å². The number of halogens is 2. The zero-order valence-electron chi connectivity index (χ0n) is 9.20. The van der Waals surface area contributed by atoms with Crippen LogP contribution in [0.4, 0.5) is 4.39 Å². The standard InChI is InChI=1S/C10H13ClFNO3S/c1-2-3-13-17(15,16)8-4-7(6-14)10(11)9(12)5-8/h4-5,13-14H,2-3,6H2,1H3. The van der Waals surface area contributed by atoms with Crippen molar-refractivity contribution in [2.24, 2.45) is 0 Å². The van der Waals surface area contributed by atoms with Gasteiger partial charge in [-0.25, -0.2) is 17.5 Å². The summed E-state index contributed by atoms with van der Waals surface area (Å²) in [7, 11) is -3.75. The van der Waals surface area contributed by atoms with Gasteiger partial charge >= 0.3 is 0 Å². The van der Waals surface area contributed by atoms with Crippen LogP contribution in [0.2, 0.25) is 5.02 Å². The lowest BCUT2D eigenvalue weighted by atomic mass is 10.2. The molecule has 4 nitrogen and oxygen atoms in total. The number of nitrogens with one attached hydrogen (secondary N) is 1. The molecule has 0 bridgehead atoms. The summed E-state index contributed by atoms with van der Waals surface area (Å²) in [6.45, 7) is 1.55. The molecule has 0 aliphatic carbocycles. The molecule has 0 fully saturated rings. The highest BCUT2D eigenvalue weighted by atomic mass is 35.5. The molecule has 7 heteroatoms. The number of aliphatic hydroxyl groups excluding tert-OH is 1. The molecule has 17 heavy (non-hydrogen) atoms. The molecule has 96 valence electrons. The summed E-state index contributed by atoms with van der Waals surface area (Å²) in [4.78, 5) is -0.239. The van der Waals surface area contributed by atoms with Crippen LogP contribution in [-0.4, -0.2) is 20.1 Å². The molecule has 0 saturated carbocycles. The third kappa shape index (κ3) is 3.38. The smallest absolute Gasteiger partial charge is 0.240 e. The minimum Gasteiger partial charge on any atom is -0.392 e. The first-order chi connectivity index (χ1) is 7.92. The third-order valence-corrected chi connectivity index (χ3v) is 3.96. The Morgan fingerprint density at radius 3 is 2.65 bits per heavy atom. The van der Waals surface area contributed by atoms with Crippen LogP contribution in [0.15, 0.2) is 17.0 Å². The van der Waals surface area contributed by atoms with Crippen molar-refractivity contribution >= 4 is 21.6 Å². The number of benzene rings is 1. The van der Waals surface area contributed by atoms with Crippen LogP contribution in [0.25, 0.3) is 0 Å². The van der Waals surface area contributed by atoms with Crippen LogP contribution in [0.5, 0.6) is 0 Å². The molecule has 1 rings (SSSR count). The average Bonchev–Trinajstić information content (AvgIpc) is 2.29. The second-order valence-electron chi connectivity index (χ2n) is 3.43. The SMILES string of the molecule is CCCNS(=O)(=O)c1cc(F)c(Cl)c(CO)c1. The molecule has 0 heterocycles. The van der Waals surface area contributed by atoms with Crippen molar-refractivity contribution in [2.75, 3.05) is 6.54 Å². The van der Waals surface area contributed by atoms with Gasteiger partial charge in [0.05, 0.1) is 16.5 Å². The van der Waals surface area contributed by atoms with Crippen LogP contribution in [-0.2, 0) is 16.6 Å². The fraction of sp³-hybridized carbons (Fsp3) is 0.400. The number of aliphatic hydroxyl groups is 1. The van der Waals surface area contributed by atoms with Crippen LogP contribution in [0, 0.1) is 5.82 Å². The van der Waals surface area contributed by atoms with Gasteiger partial charge in [-0.1, -0.05) is 18.5 Å². The number of hydrogen-bond donors (Lipinski definition) is 2. The maximum Gasteiger partial charge on any atom is 0.240 e. The summed E-state index contributed by atoms with van der Waals surface area (Å²) < 4.78 is 39.1. The molecular weight excluding hydrogens is 269 g/mol. The molecule has 1 aromatic rings. The van der Waals surface area contributed by atoms with Gasteiger partial charge in [-0.2, -0.15) is 0 Å². The van der Waals surface area contributed by atoms with E-state index in [4.69, 9.17) is 16.7 Å². The average molecular weight is 282 g/mol. The predicted octanol–water partition coefficient (Wildman–Crippen LogP) is 1.66. The van der Waals surface area contributed by atoms with E-state index in [9.17, 15) is 12.8 Å². The molecule has 0 aliphatic rings. The Bertz CT molecular complexity index is 505. The van der Waals surface area contributed by atoms with Crippen molar-refractivity contribution in [1.82, 2.24) is 4.72 Å². The fourth-order valence-electron chi connectivity index (χ4n) is 1.21. The van der Waals surface area contributed by atoms with Crippen LogP contribution >= 0.6 is 11.6 Å². The molecular formula is C10H13ClFNO3S. The molecule has 0 atom stereocenters. The van der Waals surface area contributed by atoms with Gasteiger partial charge in [-0.15, -0.1) is 0 Å². The van der Waals surface area contributed by atoms with Crippen molar-refractivity contribution in [3.8, 4) is 0 Å². The Kier molecular flexibility index (Phi) is 4.88. The Hall–Kier alpha value is -0.690. The van der Waals surface area contributed by atoms with E-state index in [2.05, 4.69) is 4.72 Å². The van der Waals surface area contributed by atoms with E-state index in [1.807, 2.05) is 6.92 Å². The zero-order valence-corrected chi connectivity index (χ0v) is 10.8. The van der Waals surface area contributed by atoms with Crippen molar-refractivity contribution in [3.05, 3.63) is 28.5 Å². The highest BCUT2D eigenvalue weighted by Crippen LogP contribution is 2.24. The molecule has 2 N–H and O–H groups in total. The summed E-state index contributed by atoms with van der Waals surface area (Å²) in [5.74, 6) is -0.866. The Balaban J connectivity index is 3.19. The molecule has 0 saturated heterocycles. The summed E-state index contributed by atoms with van der Waals surface area (Å²) in [5, 5.41) is 8.68. The van der Waals surface area contributed by atoms with Gasteiger partial charge in [0.2, 0.25) is 10.0 Å². The van der Waals surface area contributed by atoms with E-state index in [-0.39, 0.29) is 22.0 Å². The minimum atomic E-state index is -3.75. The highest BCUT2D eigenvalue weighted by Gasteiger charge is 2.18. The van der Waals surface area contributed by atoms with Crippen LogP contribution in [0.3, 0.4) is 0 Å². The predicted molar refractivity (Wildman–Crippen MR) is 62.8 cm³/mol. The number of sulfonamides is 1. The second-order valence-corrected chi connectivity index (χ2v) is 5.58. The van der Waals surface area contributed by atoms with Gasteiger partial charge in [0.25, 0.3) is 0 Å². The lowest BCUT2D eigenvalue weighted by molar-refractivity contribution is 0.281. The Morgan fingerprint density at radius 1 is 1.47 bits per heavy atom. The molecule has 0 aromatic heterocycles. The van der Waals surface area contributed by atoms with E-state index in [1.165, 1.54) is 0 Å². The topological polar surface area (TPSA) is 66.4 Å². The van der Waals surface area contributed by atoms with Gasteiger partial charge < -0.3 is 5.11 Å². The first kappa shape index (κ1) is 14.4. The van der Waals surface area contributed by atoms with Crippen LogP contribution in [0.1, 0.15) is 18.9 Å². The van der Waals surface area contributed by atoms with Gasteiger partial charge in [0.15, 0.2) is 0 Å². The Morgan fingerprint density at radius 2 is 2.12 bits per heavy atom. The van der Waals surface area contributed by atoms with E-state index in [1.54, 1.807) is 0 Å². The first-order valence-electron chi connectivity index (χ1n) is 5.00. The molecule has 0 amide bonds. The quantitative estimate of drug-likeness (QED) is 0.863. The monoisotopic (exact) mass is 281 g/mol. The van der Waals surface area contributed by atoms with Gasteiger partial charge in [0.1, 0.15) is 5.82 Å². The molecule has 0 radical (unpaired) electrons. The summed E-state index contributed by atoms with van der Waals surface area (Å²) in [5.41, 5.74) is 0.0449. The van der Waals surface area contributed by atoms with Gasteiger partial charge in [0, 0.05) is 12.1 Å². The maximum absolute atomic E-state index is 13.3. The highest BCUT2D eigenvalue weighted by molar-refractivity contribution is 7.89. The van der Waals surface area contributed by atoms with Gasteiger partial charge in [-0.3, -0.25) is 0 Å². The molecule has 0 aliphatic heterocycles. The third-order valence-electron chi connectivity index (χ3n) is 2.10. The summed E-state index contributed by atoms with van der Waals surface area (Å²) in [6, 6.07) is 1.99. The van der Waals surface area contributed by atoms with Crippen molar-refractivity contribution in [2.45, 2.75) is 24.8 Å². The first-order valence-corrected chi connectivity index (χ1v) is 6.87. The second kappa shape index (κ2) is 5.77. The summed E-state index contributed by atoms with van der Waals surface area (Å²) >= 11 is 5.57. The largest absolute Gasteiger partial charge is 0.392 e. The number of rotatable bonds is 5. The van der Waals surface area contributed by atoms with E-state index >= 15 is 0 Å². The lowest BCUT2D eigenvalue weighted by Crippen LogP contribution is -2.24.